The molecule has 2 N–H and O–H groups in total. The van der Waals surface area contributed by atoms with Crippen molar-refractivity contribution in [1.29, 1.82) is 0 Å². The van der Waals surface area contributed by atoms with Crippen LogP contribution in [-0.2, 0) is 0 Å². The summed E-state index contributed by atoms with van der Waals surface area (Å²) in [6.07, 6.45) is 0. The molecule has 1 amide bonds. The molecule has 0 aliphatic carbocycles. The first kappa shape index (κ1) is 18.7. The van der Waals surface area contributed by atoms with E-state index in [1.165, 1.54) is 28.2 Å². The van der Waals surface area contributed by atoms with E-state index >= 15 is 0 Å². The third kappa shape index (κ3) is 4.11. The van der Waals surface area contributed by atoms with Crippen LogP contribution < -0.4 is 10.9 Å². The number of rotatable bonds is 5. The van der Waals surface area contributed by atoms with Crippen LogP contribution in [0.3, 0.4) is 0 Å². The molecule has 10 heteroatoms. The first-order valence-corrected chi connectivity index (χ1v) is 9.53. The number of aromatic nitrogens is 5. The van der Waals surface area contributed by atoms with Gasteiger partial charge in [0, 0.05) is 11.4 Å². The summed E-state index contributed by atoms with van der Waals surface area (Å²) in [5.74, 6) is -0.345. The van der Waals surface area contributed by atoms with Crippen molar-refractivity contribution < 1.29 is 9.18 Å². The summed E-state index contributed by atoms with van der Waals surface area (Å²) in [5, 5.41) is 6.17. The minimum Gasteiger partial charge on any atom is -0.265 e. The van der Waals surface area contributed by atoms with Gasteiger partial charge < -0.3 is 0 Å². The van der Waals surface area contributed by atoms with Crippen molar-refractivity contribution in [2.75, 3.05) is 5.43 Å². The Kier molecular flexibility index (Phi) is 5.00. The van der Waals surface area contributed by atoms with Gasteiger partial charge in [0.15, 0.2) is 5.82 Å². The molecule has 29 heavy (non-hydrogen) atoms. The molecule has 0 saturated carbocycles. The number of nitrogens with one attached hydrogen (secondary N) is 2. The number of carbonyl (C=O) groups excluding carboxylic acids is 1. The van der Waals surface area contributed by atoms with Crippen molar-refractivity contribution in [3.8, 4) is 16.4 Å². The lowest BCUT2D eigenvalue weighted by atomic mass is 10.3. The molecule has 0 aliphatic rings. The normalized spacial score (nSPS) is 10.7. The van der Waals surface area contributed by atoms with Crippen molar-refractivity contribution in [2.24, 2.45) is 0 Å². The lowest BCUT2D eigenvalue weighted by molar-refractivity contribution is 0.0952. The smallest absolute Gasteiger partial charge is 0.265 e. The number of nitrogens with zero attached hydrogens (tertiary/aromatic N) is 5. The number of anilines is 1. The van der Waals surface area contributed by atoms with E-state index in [1.807, 2.05) is 37.4 Å². The quantitative estimate of drug-likeness (QED) is 0.491. The van der Waals surface area contributed by atoms with E-state index in [0.717, 1.165) is 16.3 Å². The zero-order valence-corrected chi connectivity index (χ0v) is 16.4. The SMILES string of the molecule is Cc1cc(C)nc(NNC(=O)c2nc(-c3cccs3)n(-c3cccc(F)c3)n2)n1. The molecular weight excluding hydrogens is 393 g/mol. The van der Waals surface area contributed by atoms with Gasteiger partial charge in [0.25, 0.3) is 0 Å². The summed E-state index contributed by atoms with van der Waals surface area (Å²) in [7, 11) is 0. The zero-order valence-electron chi connectivity index (χ0n) is 15.5. The minimum absolute atomic E-state index is 0.0745. The van der Waals surface area contributed by atoms with Gasteiger partial charge in [-0.2, -0.15) is 0 Å². The number of aryl methyl sites for hydroxylation is 2. The van der Waals surface area contributed by atoms with E-state index in [-0.39, 0.29) is 11.8 Å². The molecule has 1 aromatic carbocycles. The predicted molar refractivity (Wildman–Crippen MR) is 107 cm³/mol. The second-order valence-corrected chi connectivity index (χ2v) is 7.13. The molecule has 0 unspecified atom stereocenters. The van der Waals surface area contributed by atoms with Crippen LogP contribution in [0.4, 0.5) is 10.3 Å². The third-order valence-electron chi connectivity index (χ3n) is 3.87. The fourth-order valence-corrected chi connectivity index (χ4v) is 3.41. The Morgan fingerprint density at radius 3 is 2.55 bits per heavy atom. The van der Waals surface area contributed by atoms with E-state index in [9.17, 15) is 9.18 Å². The van der Waals surface area contributed by atoms with Crippen molar-refractivity contribution in [2.45, 2.75) is 13.8 Å². The number of benzene rings is 1. The Bertz CT molecular complexity index is 1150. The van der Waals surface area contributed by atoms with Gasteiger partial charge >= 0.3 is 5.91 Å². The van der Waals surface area contributed by atoms with E-state index < -0.39 is 11.7 Å². The van der Waals surface area contributed by atoms with Crippen LogP contribution >= 0.6 is 11.3 Å². The Balaban J connectivity index is 1.63. The lowest BCUT2D eigenvalue weighted by Crippen LogP contribution is -2.31. The molecule has 0 fully saturated rings. The Hall–Kier alpha value is -3.66. The van der Waals surface area contributed by atoms with Gasteiger partial charge in [-0.05, 0) is 49.6 Å². The molecule has 8 nitrogen and oxygen atoms in total. The largest absolute Gasteiger partial charge is 0.309 e. The van der Waals surface area contributed by atoms with Crippen molar-refractivity contribution in [3.05, 3.63) is 70.9 Å². The van der Waals surface area contributed by atoms with Crippen molar-refractivity contribution >= 4 is 23.2 Å². The fraction of sp³-hybridized carbons (Fsp3) is 0.105. The topological polar surface area (TPSA) is 97.6 Å². The van der Waals surface area contributed by atoms with E-state index in [4.69, 9.17) is 0 Å². The summed E-state index contributed by atoms with van der Waals surface area (Å²) < 4.78 is 15.1. The number of hydrogen-bond acceptors (Lipinski definition) is 7. The summed E-state index contributed by atoms with van der Waals surface area (Å²) >= 11 is 1.44. The third-order valence-corrected chi connectivity index (χ3v) is 4.74. The second-order valence-electron chi connectivity index (χ2n) is 6.18. The van der Waals surface area contributed by atoms with Gasteiger partial charge in [-0.25, -0.2) is 24.0 Å². The van der Waals surface area contributed by atoms with Gasteiger partial charge in [-0.15, -0.1) is 16.4 Å². The molecule has 4 aromatic rings. The van der Waals surface area contributed by atoms with E-state index in [1.54, 1.807) is 12.1 Å². The Morgan fingerprint density at radius 1 is 1.07 bits per heavy atom. The number of halogens is 1. The highest BCUT2D eigenvalue weighted by atomic mass is 32.1. The average molecular weight is 409 g/mol. The van der Waals surface area contributed by atoms with Crippen LogP contribution in [0.1, 0.15) is 22.0 Å². The first-order valence-electron chi connectivity index (χ1n) is 8.65. The maximum atomic E-state index is 13.7. The molecule has 0 spiro atoms. The maximum absolute atomic E-state index is 13.7. The Morgan fingerprint density at radius 2 is 1.86 bits per heavy atom. The number of thiophene rings is 1. The maximum Gasteiger partial charge on any atom is 0.309 e. The van der Waals surface area contributed by atoms with Gasteiger partial charge in [0.2, 0.25) is 11.8 Å². The van der Waals surface area contributed by atoms with Crippen LogP contribution in [0, 0.1) is 19.7 Å². The molecule has 0 bridgehead atoms. The highest BCUT2D eigenvalue weighted by Crippen LogP contribution is 2.25. The highest BCUT2D eigenvalue weighted by Gasteiger charge is 2.19. The summed E-state index contributed by atoms with van der Waals surface area (Å²) in [4.78, 5) is 26.1. The molecule has 0 atom stereocenters. The van der Waals surface area contributed by atoms with Crippen LogP contribution in [0.5, 0.6) is 0 Å². The fourth-order valence-electron chi connectivity index (χ4n) is 2.71. The molecule has 4 rings (SSSR count). The molecule has 0 saturated heterocycles. The lowest BCUT2D eigenvalue weighted by Gasteiger charge is -2.06. The molecule has 3 heterocycles. The number of carbonyl (C=O) groups is 1. The van der Waals surface area contributed by atoms with Gasteiger partial charge in [0.1, 0.15) is 5.82 Å². The molecule has 146 valence electrons. The predicted octanol–water partition coefficient (Wildman–Crippen LogP) is 3.30. The molecule has 3 aromatic heterocycles. The minimum atomic E-state index is -0.569. The standard InChI is InChI=1S/C19H16FN7OS/c1-11-9-12(2)22-19(21-11)25-24-18(28)16-23-17(15-7-4-8-29-15)27(26-16)14-6-3-5-13(20)10-14/h3-10H,1-2H3,(H,24,28)(H,21,22,25). The highest BCUT2D eigenvalue weighted by molar-refractivity contribution is 7.13. The first-order chi connectivity index (χ1) is 14.0. The number of hydrazine groups is 1. The molecule has 0 aliphatic heterocycles. The van der Waals surface area contributed by atoms with Gasteiger partial charge in [0.05, 0.1) is 10.6 Å². The van der Waals surface area contributed by atoms with Crippen LogP contribution in [0.15, 0.2) is 47.8 Å². The number of amides is 1. The van der Waals surface area contributed by atoms with E-state index in [0.29, 0.717) is 11.5 Å². The summed E-state index contributed by atoms with van der Waals surface area (Å²) in [6.45, 7) is 3.66. The monoisotopic (exact) mass is 409 g/mol. The molecular formula is C19H16FN7OS. The second kappa shape index (κ2) is 7.76. The van der Waals surface area contributed by atoms with Gasteiger partial charge in [-0.1, -0.05) is 12.1 Å². The number of hydrogen-bond donors (Lipinski definition) is 2. The summed E-state index contributed by atoms with van der Waals surface area (Å²) in [5.41, 5.74) is 7.16. The van der Waals surface area contributed by atoms with Crippen LogP contribution in [0.25, 0.3) is 16.4 Å². The zero-order chi connectivity index (χ0) is 20.4. The van der Waals surface area contributed by atoms with Gasteiger partial charge in [-0.3, -0.25) is 15.6 Å². The molecule has 0 radical (unpaired) electrons. The average Bonchev–Trinajstić information content (AvgIpc) is 3.35. The Labute approximate surface area is 169 Å². The van der Waals surface area contributed by atoms with E-state index in [2.05, 4.69) is 30.9 Å². The van der Waals surface area contributed by atoms with Crippen molar-refractivity contribution in [3.63, 3.8) is 0 Å². The summed E-state index contributed by atoms with van der Waals surface area (Å²) in [6, 6.07) is 11.5. The van der Waals surface area contributed by atoms with Crippen LogP contribution in [0.2, 0.25) is 0 Å². The van der Waals surface area contributed by atoms with Crippen LogP contribution in [-0.4, -0.2) is 30.6 Å². The van der Waals surface area contributed by atoms with Crippen molar-refractivity contribution in [1.82, 2.24) is 30.2 Å².